The Hall–Kier alpha value is -2.01. The summed E-state index contributed by atoms with van der Waals surface area (Å²) in [6, 6.07) is 4.79. The lowest BCUT2D eigenvalue weighted by atomic mass is 10.1. The van der Waals surface area contributed by atoms with Crippen LogP contribution >= 0.6 is 0 Å². The first-order valence-electron chi connectivity index (χ1n) is 10.2. The fraction of sp³-hybridized carbons (Fsp3) is 0.600. The van der Waals surface area contributed by atoms with Gasteiger partial charge in [0, 0.05) is 57.9 Å². The number of ether oxygens (including phenoxy) is 1. The number of morpholine rings is 1. The number of halogens is 3. The quantitative estimate of drug-likeness (QED) is 0.703. The molecule has 2 aliphatic rings. The van der Waals surface area contributed by atoms with Crippen molar-refractivity contribution in [1.29, 1.82) is 0 Å². The van der Waals surface area contributed by atoms with E-state index in [2.05, 4.69) is 24.8 Å². The average molecular weight is 425 g/mol. The van der Waals surface area contributed by atoms with Gasteiger partial charge >= 0.3 is 6.18 Å². The molecule has 0 saturated carbocycles. The largest absolute Gasteiger partial charge is 0.416 e. The highest BCUT2D eigenvalue weighted by Gasteiger charge is 2.30. The minimum atomic E-state index is -4.36. The fourth-order valence-electron chi connectivity index (χ4n) is 3.71. The van der Waals surface area contributed by atoms with Crippen molar-refractivity contribution >= 4 is 0 Å². The molecule has 2 saturated heterocycles. The lowest BCUT2D eigenvalue weighted by molar-refractivity contribution is -0.137. The van der Waals surface area contributed by atoms with Gasteiger partial charge in [0.05, 0.1) is 25.3 Å². The van der Waals surface area contributed by atoms with E-state index in [-0.39, 0.29) is 0 Å². The molecule has 0 atom stereocenters. The van der Waals surface area contributed by atoms with Gasteiger partial charge in [-0.2, -0.15) is 18.2 Å². The predicted octanol–water partition coefficient (Wildman–Crippen LogP) is 2.21. The minimum Gasteiger partial charge on any atom is -0.379 e. The van der Waals surface area contributed by atoms with Crippen molar-refractivity contribution in [2.45, 2.75) is 12.7 Å². The standard InChI is InChI=1S/C20H26F3N5O2/c21-20(22,23)17-3-1-16(2-4-17)19-24-18(30-25-19)15-28-9-7-26(8-10-28)5-6-27-11-13-29-14-12-27/h1-4H,5-15H2. The van der Waals surface area contributed by atoms with Crippen LogP contribution in [0.4, 0.5) is 13.2 Å². The van der Waals surface area contributed by atoms with E-state index in [9.17, 15) is 13.2 Å². The summed E-state index contributed by atoms with van der Waals surface area (Å²) >= 11 is 0. The van der Waals surface area contributed by atoms with Crippen molar-refractivity contribution in [3.05, 3.63) is 35.7 Å². The summed E-state index contributed by atoms with van der Waals surface area (Å²) in [5, 5.41) is 3.92. The molecule has 10 heteroatoms. The van der Waals surface area contributed by atoms with E-state index in [1.165, 1.54) is 12.1 Å². The molecule has 1 aromatic carbocycles. The van der Waals surface area contributed by atoms with Gasteiger partial charge in [0.15, 0.2) is 0 Å². The van der Waals surface area contributed by atoms with Gasteiger partial charge < -0.3 is 9.26 Å². The molecule has 4 rings (SSSR count). The Kier molecular flexibility index (Phi) is 6.67. The normalized spacial score (nSPS) is 20.0. The number of alkyl halides is 3. The number of piperazine rings is 1. The Labute approximate surface area is 173 Å². The van der Waals surface area contributed by atoms with Crippen LogP contribution in [-0.4, -0.2) is 90.4 Å². The zero-order chi connectivity index (χ0) is 21.0. The number of benzene rings is 1. The molecule has 164 valence electrons. The van der Waals surface area contributed by atoms with Gasteiger partial charge in [0.25, 0.3) is 0 Å². The predicted molar refractivity (Wildman–Crippen MR) is 104 cm³/mol. The second-order valence-corrected chi connectivity index (χ2v) is 7.66. The first-order valence-corrected chi connectivity index (χ1v) is 10.2. The van der Waals surface area contributed by atoms with Crippen LogP contribution < -0.4 is 0 Å². The molecule has 0 N–H and O–H groups in total. The first-order chi connectivity index (χ1) is 14.5. The number of nitrogens with zero attached hydrogens (tertiary/aromatic N) is 5. The van der Waals surface area contributed by atoms with Crippen LogP contribution in [0.1, 0.15) is 11.5 Å². The second-order valence-electron chi connectivity index (χ2n) is 7.66. The molecule has 3 heterocycles. The number of rotatable bonds is 6. The van der Waals surface area contributed by atoms with Crippen molar-refractivity contribution in [3.63, 3.8) is 0 Å². The third-order valence-corrected chi connectivity index (χ3v) is 5.60. The molecule has 1 aromatic heterocycles. The summed E-state index contributed by atoms with van der Waals surface area (Å²) in [6.45, 7) is 10.2. The van der Waals surface area contributed by atoms with E-state index in [0.717, 1.165) is 77.7 Å². The minimum absolute atomic E-state index is 0.308. The van der Waals surface area contributed by atoms with Crippen molar-refractivity contribution < 1.29 is 22.4 Å². The van der Waals surface area contributed by atoms with E-state index in [1.807, 2.05) is 0 Å². The molecule has 0 radical (unpaired) electrons. The second kappa shape index (κ2) is 9.42. The van der Waals surface area contributed by atoms with Gasteiger partial charge in [-0.3, -0.25) is 14.7 Å². The van der Waals surface area contributed by atoms with Gasteiger partial charge in [0.2, 0.25) is 11.7 Å². The monoisotopic (exact) mass is 425 g/mol. The van der Waals surface area contributed by atoms with Crippen molar-refractivity contribution in [2.75, 3.05) is 65.6 Å². The van der Waals surface area contributed by atoms with E-state index in [0.29, 0.717) is 23.8 Å². The zero-order valence-corrected chi connectivity index (χ0v) is 16.8. The van der Waals surface area contributed by atoms with Gasteiger partial charge in [0.1, 0.15) is 0 Å². The maximum atomic E-state index is 12.7. The van der Waals surface area contributed by atoms with E-state index in [4.69, 9.17) is 9.26 Å². The highest BCUT2D eigenvalue weighted by molar-refractivity contribution is 5.54. The van der Waals surface area contributed by atoms with Crippen LogP contribution in [0.3, 0.4) is 0 Å². The van der Waals surface area contributed by atoms with Crippen LogP contribution in [0.15, 0.2) is 28.8 Å². The molecule has 0 unspecified atom stereocenters. The maximum absolute atomic E-state index is 12.7. The number of hydrogen-bond acceptors (Lipinski definition) is 7. The van der Waals surface area contributed by atoms with Crippen LogP contribution in [0, 0.1) is 0 Å². The summed E-state index contributed by atoms with van der Waals surface area (Å²) < 4.78 is 48.8. The molecule has 2 aromatic rings. The molecule has 0 spiro atoms. The van der Waals surface area contributed by atoms with Crippen LogP contribution in [0.25, 0.3) is 11.4 Å². The van der Waals surface area contributed by atoms with Gasteiger partial charge in [-0.25, -0.2) is 0 Å². The van der Waals surface area contributed by atoms with Gasteiger partial charge in [-0.1, -0.05) is 17.3 Å². The summed E-state index contributed by atoms with van der Waals surface area (Å²) in [5.41, 5.74) is -0.188. The van der Waals surface area contributed by atoms with Crippen molar-refractivity contribution in [2.24, 2.45) is 0 Å². The summed E-state index contributed by atoms with van der Waals surface area (Å²) in [7, 11) is 0. The number of aromatic nitrogens is 2. The Morgan fingerprint density at radius 1 is 0.833 bits per heavy atom. The lowest BCUT2D eigenvalue weighted by Crippen LogP contribution is -2.49. The van der Waals surface area contributed by atoms with E-state index >= 15 is 0 Å². The van der Waals surface area contributed by atoms with E-state index < -0.39 is 11.7 Å². The Morgan fingerprint density at radius 3 is 2.07 bits per heavy atom. The Morgan fingerprint density at radius 2 is 1.43 bits per heavy atom. The number of hydrogen-bond donors (Lipinski definition) is 0. The SMILES string of the molecule is FC(F)(F)c1ccc(-c2noc(CN3CCN(CCN4CCOCC4)CC3)n2)cc1. The average Bonchev–Trinajstić information content (AvgIpc) is 3.22. The molecule has 7 nitrogen and oxygen atoms in total. The summed E-state index contributed by atoms with van der Waals surface area (Å²) in [6.07, 6.45) is -4.36. The van der Waals surface area contributed by atoms with Crippen LogP contribution in [-0.2, 0) is 17.5 Å². The van der Waals surface area contributed by atoms with Crippen molar-refractivity contribution in [3.8, 4) is 11.4 Å². The molecular weight excluding hydrogens is 399 g/mol. The third-order valence-electron chi connectivity index (χ3n) is 5.60. The van der Waals surface area contributed by atoms with Gasteiger partial charge in [-0.05, 0) is 12.1 Å². The zero-order valence-electron chi connectivity index (χ0n) is 16.8. The van der Waals surface area contributed by atoms with Crippen LogP contribution in [0.5, 0.6) is 0 Å². The summed E-state index contributed by atoms with van der Waals surface area (Å²) in [5.74, 6) is 0.787. The molecule has 0 bridgehead atoms. The highest BCUT2D eigenvalue weighted by Crippen LogP contribution is 2.30. The smallest absolute Gasteiger partial charge is 0.379 e. The molecule has 0 amide bonds. The highest BCUT2D eigenvalue weighted by atomic mass is 19.4. The lowest BCUT2D eigenvalue weighted by Gasteiger charge is -2.35. The molecule has 30 heavy (non-hydrogen) atoms. The van der Waals surface area contributed by atoms with Crippen LogP contribution in [0.2, 0.25) is 0 Å². The molecule has 2 fully saturated rings. The molecular formula is C20H26F3N5O2. The Bertz CT molecular complexity index is 798. The maximum Gasteiger partial charge on any atom is 0.416 e. The van der Waals surface area contributed by atoms with E-state index in [1.54, 1.807) is 0 Å². The van der Waals surface area contributed by atoms with Gasteiger partial charge in [-0.15, -0.1) is 0 Å². The summed E-state index contributed by atoms with van der Waals surface area (Å²) in [4.78, 5) is 11.5. The molecule has 0 aliphatic carbocycles. The fourth-order valence-corrected chi connectivity index (χ4v) is 3.71. The Balaban J connectivity index is 1.23. The first kappa shape index (κ1) is 21.2. The van der Waals surface area contributed by atoms with Crippen molar-refractivity contribution in [1.82, 2.24) is 24.8 Å². The topological polar surface area (TPSA) is 57.9 Å². The third kappa shape index (κ3) is 5.57. The molecule has 2 aliphatic heterocycles.